The number of carbonyl (C=O) groups excluding carboxylic acids is 4. The van der Waals surface area contributed by atoms with Gasteiger partial charge in [0.05, 0.1) is 25.0 Å². The van der Waals surface area contributed by atoms with Gasteiger partial charge in [-0.05, 0) is 13.3 Å². The summed E-state index contributed by atoms with van der Waals surface area (Å²) in [4.78, 5) is 80.7. The molecule has 0 aliphatic heterocycles. The number of nitrogens with one attached hydrogen (secondary N) is 3. The number of hydrogen-bond donors (Lipinski definition) is 9. The van der Waals surface area contributed by atoms with Crippen LogP contribution in [-0.4, -0.2) is 92.2 Å². The fraction of sp³-hybridized carbons (Fsp3) is 0.588. The SMILES string of the molecule is CC(O)C(NC(=O)C(N)CCC(N)=O)C(=O)NC(CC(=O)O)C(=O)NC(CC(=O)O)C(=O)O. The summed E-state index contributed by atoms with van der Waals surface area (Å²) in [6, 6.07) is -6.79. The quantitative estimate of drug-likeness (QED) is 0.108. The highest BCUT2D eigenvalue weighted by atomic mass is 16.4. The Bertz CT molecular complexity index is 785. The zero-order valence-electron chi connectivity index (χ0n) is 17.5. The number of aliphatic carboxylic acids is 3. The minimum absolute atomic E-state index is 0.167. The molecular weight excluding hydrogens is 450 g/mol. The number of carbonyl (C=O) groups is 7. The standard InChI is InChI=1S/C17H27N5O11/c1-6(23)13(22-14(29)7(18)2-3-10(19)24)16(31)20-8(4-11(25)26)15(30)21-9(17(32)33)5-12(27)28/h6-9,13,23H,2-5,18H2,1H3,(H2,19,24)(H,20,31)(H,21,30)(H,22,29)(H,25,26)(H,27,28)(H,32,33). The van der Waals surface area contributed by atoms with Crippen LogP contribution in [0.5, 0.6) is 0 Å². The van der Waals surface area contributed by atoms with Gasteiger partial charge in [-0.1, -0.05) is 0 Å². The van der Waals surface area contributed by atoms with Crippen molar-refractivity contribution in [3.63, 3.8) is 0 Å². The molecule has 0 spiro atoms. The second-order valence-electron chi connectivity index (χ2n) is 6.99. The molecule has 0 saturated carbocycles. The molecule has 0 bridgehead atoms. The number of carboxylic acid groups (broad SMARTS) is 3. The third-order valence-electron chi connectivity index (χ3n) is 4.11. The van der Waals surface area contributed by atoms with Crippen LogP contribution in [-0.2, 0) is 33.6 Å². The molecule has 4 amide bonds. The Morgan fingerprint density at radius 1 is 0.788 bits per heavy atom. The smallest absolute Gasteiger partial charge is 0.326 e. The highest BCUT2D eigenvalue weighted by Crippen LogP contribution is 2.03. The number of rotatable bonds is 15. The van der Waals surface area contributed by atoms with Crippen LogP contribution in [0.2, 0.25) is 0 Å². The number of primary amides is 1. The van der Waals surface area contributed by atoms with Gasteiger partial charge in [0.2, 0.25) is 23.6 Å². The molecule has 16 heteroatoms. The minimum Gasteiger partial charge on any atom is -0.481 e. The molecule has 0 aromatic heterocycles. The van der Waals surface area contributed by atoms with Gasteiger partial charge in [0.15, 0.2) is 0 Å². The molecule has 0 aromatic carbocycles. The van der Waals surface area contributed by atoms with Gasteiger partial charge >= 0.3 is 17.9 Å². The van der Waals surface area contributed by atoms with E-state index in [1.807, 2.05) is 5.32 Å². The monoisotopic (exact) mass is 477 g/mol. The van der Waals surface area contributed by atoms with E-state index in [-0.39, 0.29) is 12.8 Å². The lowest BCUT2D eigenvalue weighted by molar-refractivity contribution is -0.148. The number of hydrogen-bond acceptors (Lipinski definition) is 9. The van der Waals surface area contributed by atoms with Crippen LogP contribution < -0.4 is 27.4 Å². The molecule has 16 nitrogen and oxygen atoms in total. The van der Waals surface area contributed by atoms with Gasteiger partial charge in [-0.2, -0.15) is 0 Å². The summed E-state index contributed by atoms with van der Waals surface area (Å²) in [7, 11) is 0. The van der Waals surface area contributed by atoms with E-state index in [0.717, 1.165) is 6.92 Å². The maximum atomic E-state index is 12.5. The lowest BCUT2D eigenvalue weighted by Crippen LogP contribution is -2.60. The van der Waals surface area contributed by atoms with Crippen LogP contribution in [0.3, 0.4) is 0 Å². The summed E-state index contributed by atoms with van der Waals surface area (Å²) in [5, 5.41) is 42.4. The van der Waals surface area contributed by atoms with Crippen LogP contribution in [0.4, 0.5) is 0 Å². The van der Waals surface area contributed by atoms with Gasteiger partial charge in [-0.3, -0.25) is 28.8 Å². The van der Waals surface area contributed by atoms with Gasteiger partial charge in [-0.15, -0.1) is 0 Å². The second kappa shape index (κ2) is 13.6. The molecule has 33 heavy (non-hydrogen) atoms. The van der Waals surface area contributed by atoms with Crippen LogP contribution in [0.25, 0.3) is 0 Å². The molecule has 5 unspecified atom stereocenters. The van der Waals surface area contributed by atoms with E-state index in [1.54, 1.807) is 5.32 Å². The van der Waals surface area contributed by atoms with E-state index in [1.165, 1.54) is 0 Å². The fourth-order valence-corrected chi connectivity index (χ4v) is 2.39. The first kappa shape index (κ1) is 29.2. The zero-order valence-corrected chi connectivity index (χ0v) is 17.5. The average molecular weight is 477 g/mol. The van der Waals surface area contributed by atoms with Gasteiger partial charge in [0.25, 0.3) is 0 Å². The van der Waals surface area contributed by atoms with E-state index >= 15 is 0 Å². The van der Waals surface area contributed by atoms with Crippen molar-refractivity contribution in [3.8, 4) is 0 Å². The van der Waals surface area contributed by atoms with Gasteiger partial charge in [0, 0.05) is 6.42 Å². The van der Waals surface area contributed by atoms with Crippen molar-refractivity contribution in [1.29, 1.82) is 0 Å². The van der Waals surface area contributed by atoms with Crippen LogP contribution >= 0.6 is 0 Å². The van der Waals surface area contributed by atoms with Crippen molar-refractivity contribution in [2.45, 2.75) is 62.9 Å². The Balaban J connectivity index is 5.44. The second-order valence-corrected chi connectivity index (χ2v) is 6.99. The molecule has 5 atom stereocenters. The maximum Gasteiger partial charge on any atom is 0.326 e. The third-order valence-corrected chi connectivity index (χ3v) is 4.11. The lowest BCUT2D eigenvalue weighted by atomic mass is 10.1. The predicted octanol–water partition coefficient (Wildman–Crippen LogP) is -4.55. The first-order valence-corrected chi connectivity index (χ1v) is 9.45. The fourth-order valence-electron chi connectivity index (χ4n) is 2.39. The predicted molar refractivity (Wildman–Crippen MR) is 106 cm³/mol. The van der Waals surface area contributed by atoms with E-state index < -0.39 is 84.6 Å². The van der Waals surface area contributed by atoms with Gasteiger partial charge in [0.1, 0.15) is 18.1 Å². The first-order chi connectivity index (χ1) is 15.1. The molecular formula is C17H27N5O11. The molecule has 186 valence electrons. The van der Waals surface area contributed by atoms with Gasteiger partial charge < -0.3 is 47.8 Å². The Hall–Kier alpha value is -3.79. The van der Waals surface area contributed by atoms with E-state index in [0.29, 0.717) is 0 Å². The summed E-state index contributed by atoms with van der Waals surface area (Å²) >= 11 is 0. The lowest BCUT2D eigenvalue weighted by Gasteiger charge is -2.25. The summed E-state index contributed by atoms with van der Waals surface area (Å²) in [5.74, 6) is -9.08. The molecule has 0 saturated heterocycles. The van der Waals surface area contributed by atoms with Crippen LogP contribution in [0.1, 0.15) is 32.6 Å². The number of nitrogens with two attached hydrogens (primary N) is 2. The number of carboxylic acids is 3. The largest absolute Gasteiger partial charge is 0.481 e. The topological polar surface area (TPSA) is 289 Å². The molecule has 0 aliphatic carbocycles. The first-order valence-electron chi connectivity index (χ1n) is 9.45. The zero-order chi connectivity index (χ0) is 25.9. The van der Waals surface area contributed by atoms with Crippen molar-refractivity contribution in [2.75, 3.05) is 0 Å². The van der Waals surface area contributed by atoms with Crippen molar-refractivity contribution in [3.05, 3.63) is 0 Å². The highest BCUT2D eigenvalue weighted by Gasteiger charge is 2.33. The number of aliphatic hydroxyl groups is 1. The minimum atomic E-state index is -1.92. The van der Waals surface area contributed by atoms with E-state index in [4.69, 9.17) is 26.8 Å². The van der Waals surface area contributed by atoms with Crippen molar-refractivity contribution in [2.24, 2.45) is 11.5 Å². The van der Waals surface area contributed by atoms with Crippen molar-refractivity contribution < 1.29 is 54.0 Å². The number of aliphatic hydroxyl groups excluding tert-OH is 1. The average Bonchev–Trinajstić information content (AvgIpc) is 2.67. The van der Waals surface area contributed by atoms with E-state index in [2.05, 4.69) is 5.32 Å². The molecule has 0 aromatic rings. The van der Waals surface area contributed by atoms with Crippen molar-refractivity contribution >= 4 is 41.5 Å². The molecule has 0 rings (SSSR count). The molecule has 0 radical (unpaired) electrons. The Kier molecular flexibility index (Phi) is 12.0. The Morgan fingerprint density at radius 2 is 1.27 bits per heavy atom. The van der Waals surface area contributed by atoms with E-state index in [9.17, 15) is 38.7 Å². The molecule has 0 aliphatic rings. The van der Waals surface area contributed by atoms with Crippen LogP contribution in [0, 0.1) is 0 Å². The third kappa shape index (κ3) is 11.4. The van der Waals surface area contributed by atoms with Crippen molar-refractivity contribution in [1.82, 2.24) is 16.0 Å². The Morgan fingerprint density at radius 3 is 1.70 bits per heavy atom. The summed E-state index contributed by atoms with van der Waals surface area (Å²) < 4.78 is 0. The maximum absolute atomic E-state index is 12.5. The van der Waals surface area contributed by atoms with Crippen LogP contribution in [0.15, 0.2) is 0 Å². The molecule has 0 fully saturated rings. The normalized spacial score (nSPS) is 15.1. The summed E-state index contributed by atoms with van der Waals surface area (Å²) in [5.41, 5.74) is 10.5. The molecule has 11 N–H and O–H groups in total. The molecule has 0 heterocycles. The highest BCUT2D eigenvalue weighted by molar-refractivity contribution is 5.96. The van der Waals surface area contributed by atoms with Gasteiger partial charge in [-0.25, -0.2) is 4.79 Å². The Labute approximate surface area is 186 Å². The number of amides is 4. The summed E-state index contributed by atoms with van der Waals surface area (Å²) in [6.45, 7) is 1.10. The summed E-state index contributed by atoms with van der Waals surface area (Å²) in [6.07, 6.45) is -4.01.